The molecule has 5 rings (SSSR count). The highest BCUT2D eigenvalue weighted by Gasteiger charge is 2.38. The lowest BCUT2D eigenvalue weighted by Crippen LogP contribution is -2.54. The molecule has 8 nitrogen and oxygen atoms in total. The molecule has 2 aliphatic heterocycles. The normalized spacial score (nSPS) is 22.5. The summed E-state index contributed by atoms with van der Waals surface area (Å²) < 4.78 is 66.7. The number of piperidine rings is 1. The SMILES string of the molecule is CC1CN(c2ccc3c(C(=O)NC[C@H](c4cnc(C(F)(F)F)nc4)N4CCC(F)(F)CC4)cccc3n2)CC(C)N1. The number of amides is 1. The number of halogens is 5. The van der Waals surface area contributed by atoms with E-state index in [1.165, 1.54) is 0 Å². The van der Waals surface area contributed by atoms with Crippen LogP contribution in [0.3, 0.4) is 0 Å². The molecule has 2 N–H and O–H groups in total. The summed E-state index contributed by atoms with van der Waals surface area (Å²) in [6, 6.07) is 8.92. The number of benzene rings is 1. The number of piperazine rings is 1. The third-order valence-corrected chi connectivity index (χ3v) is 7.58. The van der Waals surface area contributed by atoms with Gasteiger partial charge in [0.25, 0.3) is 11.8 Å². The maximum absolute atomic E-state index is 13.8. The number of hydrogen-bond donors (Lipinski definition) is 2. The first-order valence-electron chi connectivity index (χ1n) is 13.6. The summed E-state index contributed by atoms with van der Waals surface area (Å²) in [5.74, 6) is -3.69. The van der Waals surface area contributed by atoms with Gasteiger partial charge in [0.1, 0.15) is 5.82 Å². The maximum atomic E-state index is 13.8. The molecular formula is C28H32F5N7O. The number of likely N-dealkylation sites (tertiary alicyclic amines) is 1. The Bertz CT molecular complexity index is 1360. The lowest BCUT2D eigenvalue weighted by Gasteiger charge is -2.37. The molecule has 2 unspecified atom stereocenters. The molecule has 0 saturated carbocycles. The summed E-state index contributed by atoms with van der Waals surface area (Å²) in [4.78, 5) is 29.0. The van der Waals surface area contributed by atoms with E-state index in [4.69, 9.17) is 4.98 Å². The predicted molar refractivity (Wildman–Crippen MR) is 144 cm³/mol. The lowest BCUT2D eigenvalue weighted by molar-refractivity contribution is -0.145. The number of hydrogen-bond acceptors (Lipinski definition) is 7. The Kier molecular flexibility index (Phi) is 8.11. The fraction of sp³-hybridized carbons (Fsp3) is 0.500. The number of nitrogens with zero attached hydrogens (tertiary/aromatic N) is 5. The van der Waals surface area contributed by atoms with Gasteiger partial charge < -0.3 is 15.5 Å². The molecule has 2 aliphatic rings. The van der Waals surface area contributed by atoms with Gasteiger partial charge in [0.05, 0.1) is 11.6 Å². The summed E-state index contributed by atoms with van der Waals surface area (Å²) in [5, 5.41) is 6.99. The van der Waals surface area contributed by atoms with Gasteiger partial charge in [-0.05, 0) is 38.1 Å². The Hall–Kier alpha value is -3.45. The minimum atomic E-state index is -4.71. The van der Waals surface area contributed by atoms with Crippen LogP contribution in [-0.4, -0.2) is 76.5 Å². The van der Waals surface area contributed by atoms with Gasteiger partial charge in [-0.15, -0.1) is 0 Å². The summed E-state index contributed by atoms with van der Waals surface area (Å²) in [6.07, 6.45) is -3.40. The quantitative estimate of drug-likeness (QED) is 0.420. The topological polar surface area (TPSA) is 86.3 Å². The minimum Gasteiger partial charge on any atom is -0.353 e. The number of carbonyl (C=O) groups is 1. The molecule has 4 heterocycles. The molecule has 0 spiro atoms. The van der Waals surface area contributed by atoms with Crippen molar-refractivity contribution >= 4 is 22.6 Å². The van der Waals surface area contributed by atoms with E-state index >= 15 is 0 Å². The number of fused-ring (bicyclic) bond motifs is 1. The first kappa shape index (κ1) is 29.1. The molecule has 3 aromatic rings. The van der Waals surface area contributed by atoms with Crippen molar-refractivity contribution < 1.29 is 26.7 Å². The van der Waals surface area contributed by atoms with Crippen LogP contribution < -0.4 is 15.5 Å². The number of rotatable bonds is 6. The molecule has 0 bridgehead atoms. The standard InChI is InChI=1S/C28H32F5N7O/c1-17-15-40(16-18(2)37-17)24-7-6-20-21(4-3-5-22(20)38-24)25(41)34-14-23(39-10-8-27(29,30)9-11-39)19-12-35-26(36-13-19)28(31,32)33/h3-7,12-13,17-18,23,37H,8-11,14-16H2,1-2H3,(H,34,41)/t17?,18?,23-/m1/s1. The molecule has 0 radical (unpaired) electrons. The average molecular weight is 578 g/mol. The zero-order valence-corrected chi connectivity index (χ0v) is 22.8. The highest BCUT2D eigenvalue weighted by Crippen LogP contribution is 2.33. The summed E-state index contributed by atoms with van der Waals surface area (Å²) in [7, 11) is 0. The zero-order valence-electron chi connectivity index (χ0n) is 22.8. The second-order valence-corrected chi connectivity index (χ2v) is 10.9. The van der Waals surface area contributed by atoms with Gasteiger partial charge in [0.2, 0.25) is 5.82 Å². The Morgan fingerprint density at radius 1 is 1.07 bits per heavy atom. The van der Waals surface area contributed by atoms with E-state index in [0.717, 1.165) is 31.3 Å². The van der Waals surface area contributed by atoms with Gasteiger partial charge >= 0.3 is 6.18 Å². The monoisotopic (exact) mass is 577 g/mol. The summed E-state index contributed by atoms with van der Waals surface area (Å²) in [5.41, 5.74) is 1.34. The first-order valence-corrected chi connectivity index (χ1v) is 13.6. The Labute approximate surface area is 234 Å². The Morgan fingerprint density at radius 3 is 2.37 bits per heavy atom. The van der Waals surface area contributed by atoms with Crippen molar-refractivity contribution in [3.63, 3.8) is 0 Å². The van der Waals surface area contributed by atoms with Crippen molar-refractivity contribution in [2.45, 2.75) is 56.9 Å². The van der Waals surface area contributed by atoms with Gasteiger partial charge in [-0.2, -0.15) is 13.2 Å². The summed E-state index contributed by atoms with van der Waals surface area (Å²) >= 11 is 0. The van der Waals surface area contributed by atoms with Crippen molar-refractivity contribution in [3.8, 4) is 0 Å². The minimum absolute atomic E-state index is 0.0127. The van der Waals surface area contributed by atoms with Crippen molar-refractivity contribution in [2.24, 2.45) is 0 Å². The Morgan fingerprint density at radius 2 is 1.73 bits per heavy atom. The third-order valence-electron chi connectivity index (χ3n) is 7.58. The molecule has 13 heteroatoms. The molecular weight excluding hydrogens is 545 g/mol. The number of pyridine rings is 1. The second kappa shape index (κ2) is 11.4. The van der Waals surface area contributed by atoms with Gasteiger partial charge in [-0.25, -0.2) is 23.7 Å². The average Bonchev–Trinajstić information content (AvgIpc) is 2.92. The van der Waals surface area contributed by atoms with Crippen molar-refractivity contribution in [1.82, 2.24) is 30.5 Å². The van der Waals surface area contributed by atoms with E-state index in [2.05, 4.69) is 39.3 Å². The van der Waals surface area contributed by atoms with E-state index in [0.29, 0.717) is 34.1 Å². The maximum Gasteiger partial charge on any atom is 0.451 e. The number of nitrogens with one attached hydrogen (secondary N) is 2. The van der Waals surface area contributed by atoms with Crippen LogP contribution in [0.25, 0.3) is 10.9 Å². The number of carbonyl (C=O) groups excluding carboxylic acids is 1. The van der Waals surface area contributed by atoms with Crippen LogP contribution in [0.1, 0.15) is 54.5 Å². The van der Waals surface area contributed by atoms with Gasteiger partial charge in [-0.3, -0.25) is 9.69 Å². The van der Waals surface area contributed by atoms with Gasteiger partial charge in [-0.1, -0.05) is 6.07 Å². The van der Waals surface area contributed by atoms with Gasteiger partial charge in [0, 0.05) is 86.6 Å². The van der Waals surface area contributed by atoms with Crippen molar-refractivity contribution in [3.05, 3.63) is 59.7 Å². The molecule has 1 amide bonds. The van der Waals surface area contributed by atoms with Crippen LogP contribution in [0.4, 0.5) is 27.8 Å². The van der Waals surface area contributed by atoms with E-state index in [1.54, 1.807) is 17.0 Å². The van der Waals surface area contributed by atoms with Crippen LogP contribution in [0.15, 0.2) is 42.7 Å². The molecule has 0 aliphatic carbocycles. The van der Waals surface area contributed by atoms with E-state index in [1.807, 2.05) is 18.2 Å². The molecule has 3 atom stereocenters. The molecule has 220 valence electrons. The van der Waals surface area contributed by atoms with Crippen LogP contribution in [0.2, 0.25) is 0 Å². The van der Waals surface area contributed by atoms with E-state index in [9.17, 15) is 26.7 Å². The number of anilines is 1. The van der Waals surface area contributed by atoms with E-state index < -0.39 is 29.9 Å². The first-order chi connectivity index (χ1) is 19.4. The van der Waals surface area contributed by atoms with Gasteiger partial charge in [0.15, 0.2) is 0 Å². The molecule has 1 aromatic carbocycles. The number of aromatic nitrogens is 3. The molecule has 2 fully saturated rings. The number of alkyl halides is 5. The molecule has 2 aromatic heterocycles. The second-order valence-electron chi connectivity index (χ2n) is 10.9. The van der Waals surface area contributed by atoms with Crippen LogP contribution in [0.5, 0.6) is 0 Å². The highest BCUT2D eigenvalue weighted by atomic mass is 19.4. The van der Waals surface area contributed by atoms with Crippen molar-refractivity contribution in [2.75, 3.05) is 37.6 Å². The smallest absolute Gasteiger partial charge is 0.353 e. The van der Waals surface area contributed by atoms with Crippen LogP contribution in [0, 0.1) is 0 Å². The van der Waals surface area contributed by atoms with Crippen LogP contribution >= 0.6 is 0 Å². The fourth-order valence-electron chi connectivity index (χ4n) is 5.59. The highest BCUT2D eigenvalue weighted by molar-refractivity contribution is 6.06. The predicted octanol–water partition coefficient (Wildman–Crippen LogP) is 4.43. The Balaban J connectivity index is 1.35. The largest absolute Gasteiger partial charge is 0.451 e. The lowest BCUT2D eigenvalue weighted by atomic mass is 10.0. The molecule has 2 saturated heterocycles. The zero-order chi connectivity index (χ0) is 29.4. The molecule has 41 heavy (non-hydrogen) atoms. The third kappa shape index (κ3) is 6.72. The van der Waals surface area contributed by atoms with E-state index in [-0.39, 0.29) is 32.5 Å². The summed E-state index contributed by atoms with van der Waals surface area (Å²) in [6.45, 7) is 5.84. The van der Waals surface area contributed by atoms with Crippen molar-refractivity contribution in [1.29, 1.82) is 0 Å². The fourth-order valence-corrected chi connectivity index (χ4v) is 5.59. The van der Waals surface area contributed by atoms with Crippen LogP contribution in [-0.2, 0) is 6.18 Å².